The molecule has 2 aliphatic heterocycles. The van der Waals surface area contributed by atoms with Gasteiger partial charge in [-0.3, -0.25) is 19.7 Å². The normalized spacial score (nSPS) is 18.5. The second-order valence-corrected chi connectivity index (χ2v) is 7.87. The van der Waals surface area contributed by atoms with E-state index in [0.717, 1.165) is 36.2 Å². The molecule has 2 aromatic rings. The molecule has 4 N–H and O–H groups in total. The van der Waals surface area contributed by atoms with E-state index in [2.05, 4.69) is 22.8 Å². The van der Waals surface area contributed by atoms with Crippen molar-refractivity contribution in [2.75, 3.05) is 12.3 Å². The first kappa shape index (κ1) is 20.1. The van der Waals surface area contributed by atoms with E-state index in [0.29, 0.717) is 25.1 Å². The van der Waals surface area contributed by atoms with Gasteiger partial charge in [-0.1, -0.05) is 24.3 Å². The zero-order valence-corrected chi connectivity index (χ0v) is 16.8. The molecule has 7 nitrogen and oxygen atoms in total. The fraction of sp³-hybridized carbons (Fsp3) is 0.348. The van der Waals surface area contributed by atoms with E-state index in [4.69, 9.17) is 5.73 Å². The molecule has 3 amide bonds. The molecule has 0 saturated carbocycles. The minimum Gasteiger partial charge on any atom is -0.399 e. The van der Waals surface area contributed by atoms with Gasteiger partial charge in [0, 0.05) is 30.8 Å². The zero-order valence-electron chi connectivity index (χ0n) is 16.8. The molecule has 2 aliphatic rings. The number of rotatable bonds is 7. The average molecular weight is 406 g/mol. The first-order valence-corrected chi connectivity index (χ1v) is 10.3. The monoisotopic (exact) mass is 406 g/mol. The number of carbonyl (C=O) groups excluding carboxylic acids is 3. The van der Waals surface area contributed by atoms with Crippen molar-refractivity contribution in [2.45, 2.75) is 44.8 Å². The Labute approximate surface area is 175 Å². The lowest BCUT2D eigenvalue weighted by Crippen LogP contribution is -2.52. The molecule has 0 aromatic heterocycles. The number of nitrogen functional groups attached to an aromatic ring is 1. The molecule has 1 atom stereocenters. The zero-order chi connectivity index (χ0) is 21.1. The van der Waals surface area contributed by atoms with Crippen LogP contribution in [0.5, 0.6) is 0 Å². The topological polar surface area (TPSA) is 105 Å². The van der Waals surface area contributed by atoms with Crippen LogP contribution in [0.3, 0.4) is 0 Å². The Morgan fingerprint density at radius 1 is 1.10 bits per heavy atom. The number of benzene rings is 2. The number of carbonyl (C=O) groups is 3. The quantitative estimate of drug-likeness (QED) is 0.369. The summed E-state index contributed by atoms with van der Waals surface area (Å²) in [5.41, 5.74) is 10.4. The third-order valence-corrected chi connectivity index (χ3v) is 5.79. The summed E-state index contributed by atoms with van der Waals surface area (Å²) >= 11 is 0. The highest BCUT2D eigenvalue weighted by Gasteiger charge is 2.39. The number of hydrogen-bond acceptors (Lipinski definition) is 5. The third kappa shape index (κ3) is 4.21. The van der Waals surface area contributed by atoms with Gasteiger partial charge >= 0.3 is 0 Å². The first-order valence-electron chi connectivity index (χ1n) is 10.3. The Bertz CT molecular complexity index is 971. The minimum absolute atomic E-state index is 0.135. The van der Waals surface area contributed by atoms with Crippen LogP contribution in [0.2, 0.25) is 0 Å². The van der Waals surface area contributed by atoms with Crippen molar-refractivity contribution in [1.82, 2.24) is 15.5 Å². The van der Waals surface area contributed by atoms with Gasteiger partial charge < -0.3 is 16.0 Å². The van der Waals surface area contributed by atoms with Crippen LogP contribution < -0.4 is 16.4 Å². The van der Waals surface area contributed by atoms with Gasteiger partial charge in [0.2, 0.25) is 11.8 Å². The van der Waals surface area contributed by atoms with Gasteiger partial charge in [0.15, 0.2) is 0 Å². The van der Waals surface area contributed by atoms with Crippen molar-refractivity contribution in [1.29, 1.82) is 0 Å². The molecule has 0 radical (unpaired) electrons. The molecule has 2 heterocycles. The van der Waals surface area contributed by atoms with Gasteiger partial charge in [0.25, 0.3) is 5.91 Å². The third-order valence-electron chi connectivity index (χ3n) is 5.79. The molecule has 0 aliphatic carbocycles. The predicted molar refractivity (Wildman–Crippen MR) is 113 cm³/mol. The molecular weight excluding hydrogens is 380 g/mol. The summed E-state index contributed by atoms with van der Waals surface area (Å²) < 4.78 is 0. The first-order chi connectivity index (χ1) is 14.5. The van der Waals surface area contributed by atoms with Crippen molar-refractivity contribution in [2.24, 2.45) is 0 Å². The second kappa shape index (κ2) is 8.67. The van der Waals surface area contributed by atoms with E-state index in [1.807, 2.05) is 30.3 Å². The van der Waals surface area contributed by atoms with Crippen LogP contribution in [-0.4, -0.2) is 35.2 Å². The molecule has 2 aromatic carbocycles. The van der Waals surface area contributed by atoms with E-state index >= 15 is 0 Å². The molecule has 30 heavy (non-hydrogen) atoms. The number of hydrogen-bond donors (Lipinski definition) is 3. The molecule has 0 bridgehead atoms. The number of nitrogens with one attached hydrogen (secondary N) is 2. The van der Waals surface area contributed by atoms with Crippen LogP contribution in [0.1, 0.15) is 46.3 Å². The highest BCUT2D eigenvalue weighted by Crippen LogP contribution is 2.29. The van der Waals surface area contributed by atoms with Crippen LogP contribution in [0.4, 0.5) is 5.69 Å². The van der Waals surface area contributed by atoms with Crippen LogP contribution >= 0.6 is 0 Å². The lowest BCUT2D eigenvalue weighted by molar-refractivity contribution is -0.136. The average Bonchev–Trinajstić information content (AvgIpc) is 3.06. The van der Waals surface area contributed by atoms with E-state index < -0.39 is 6.04 Å². The molecule has 1 saturated heterocycles. The SMILES string of the molecule is Nc1ccc(CCCNCc2cccc3c2CN(C2CCC(=O)NC2=O)C3=O)cc1. The van der Waals surface area contributed by atoms with Crippen molar-refractivity contribution in [3.63, 3.8) is 0 Å². The molecule has 4 rings (SSSR count). The Morgan fingerprint density at radius 3 is 2.67 bits per heavy atom. The number of piperidine rings is 1. The maximum absolute atomic E-state index is 12.9. The lowest BCUT2D eigenvalue weighted by Gasteiger charge is -2.29. The Hall–Kier alpha value is -3.19. The van der Waals surface area contributed by atoms with E-state index in [1.165, 1.54) is 5.56 Å². The van der Waals surface area contributed by atoms with Crippen molar-refractivity contribution in [3.8, 4) is 0 Å². The largest absolute Gasteiger partial charge is 0.399 e. The number of amides is 3. The Morgan fingerprint density at radius 2 is 1.90 bits per heavy atom. The molecule has 1 fully saturated rings. The smallest absolute Gasteiger partial charge is 0.255 e. The lowest BCUT2D eigenvalue weighted by atomic mass is 10.0. The number of imide groups is 1. The summed E-state index contributed by atoms with van der Waals surface area (Å²) in [5, 5.41) is 5.80. The summed E-state index contributed by atoms with van der Waals surface area (Å²) in [6, 6.07) is 13.1. The number of fused-ring (bicyclic) bond motifs is 1. The number of nitrogens with zero attached hydrogens (tertiary/aromatic N) is 1. The number of aryl methyl sites for hydroxylation is 1. The van der Waals surface area contributed by atoms with Gasteiger partial charge in [0.05, 0.1) is 0 Å². The van der Waals surface area contributed by atoms with Crippen molar-refractivity contribution in [3.05, 3.63) is 64.7 Å². The molecule has 7 heteroatoms. The number of anilines is 1. The Balaban J connectivity index is 1.34. The fourth-order valence-electron chi connectivity index (χ4n) is 4.14. The predicted octanol–water partition coefficient (Wildman–Crippen LogP) is 1.75. The highest BCUT2D eigenvalue weighted by atomic mass is 16.2. The fourth-order valence-corrected chi connectivity index (χ4v) is 4.14. The van der Waals surface area contributed by atoms with E-state index in [1.54, 1.807) is 4.90 Å². The van der Waals surface area contributed by atoms with E-state index in [9.17, 15) is 14.4 Å². The maximum atomic E-state index is 12.9. The van der Waals surface area contributed by atoms with E-state index in [-0.39, 0.29) is 24.1 Å². The number of nitrogens with two attached hydrogens (primary N) is 1. The van der Waals surface area contributed by atoms with Gasteiger partial charge in [-0.05, 0) is 60.7 Å². The van der Waals surface area contributed by atoms with Crippen LogP contribution in [0.25, 0.3) is 0 Å². The summed E-state index contributed by atoms with van der Waals surface area (Å²) in [5.74, 6) is -0.788. The second-order valence-electron chi connectivity index (χ2n) is 7.87. The summed E-state index contributed by atoms with van der Waals surface area (Å²) in [7, 11) is 0. The highest BCUT2D eigenvalue weighted by molar-refractivity contribution is 6.05. The molecule has 156 valence electrons. The Kier molecular flexibility index (Phi) is 5.81. The van der Waals surface area contributed by atoms with Gasteiger partial charge in [-0.15, -0.1) is 0 Å². The van der Waals surface area contributed by atoms with Gasteiger partial charge in [-0.25, -0.2) is 0 Å². The van der Waals surface area contributed by atoms with Gasteiger partial charge in [0.1, 0.15) is 6.04 Å². The van der Waals surface area contributed by atoms with Crippen LogP contribution in [-0.2, 0) is 29.1 Å². The molecule has 1 unspecified atom stereocenters. The minimum atomic E-state index is -0.580. The summed E-state index contributed by atoms with van der Waals surface area (Å²) in [4.78, 5) is 38.1. The standard InChI is InChI=1S/C23H26N4O3/c24-17-8-6-15(7-9-17)3-2-12-25-13-16-4-1-5-18-19(16)14-27(23(18)30)20-10-11-21(28)26-22(20)29/h1,4-9,20,25H,2-3,10-14,24H2,(H,26,28,29). The van der Waals surface area contributed by atoms with Crippen molar-refractivity contribution >= 4 is 23.4 Å². The van der Waals surface area contributed by atoms with Crippen LogP contribution in [0, 0.1) is 0 Å². The van der Waals surface area contributed by atoms with Crippen molar-refractivity contribution < 1.29 is 14.4 Å². The van der Waals surface area contributed by atoms with Gasteiger partial charge in [-0.2, -0.15) is 0 Å². The molecule has 0 spiro atoms. The summed E-state index contributed by atoms with van der Waals surface area (Å²) in [6.45, 7) is 1.93. The molecular formula is C23H26N4O3. The maximum Gasteiger partial charge on any atom is 0.255 e. The summed E-state index contributed by atoms with van der Waals surface area (Å²) in [6.07, 6.45) is 2.62. The van der Waals surface area contributed by atoms with Crippen LogP contribution in [0.15, 0.2) is 42.5 Å².